The second kappa shape index (κ2) is 9.09. The third-order valence-corrected chi connectivity index (χ3v) is 4.56. The Bertz CT molecular complexity index is 406. The maximum Gasteiger partial charge on any atom is 0.122 e. The van der Waals surface area contributed by atoms with Gasteiger partial charge in [0.1, 0.15) is 12.4 Å². The predicted octanol–water partition coefficient (Wildman–Crippen LogP) is 4.84. The number of aliphatic hydroxyl groups is 1. The largest absolute Gasteiger partial charge is 0.491 e. The van der Waals surface area contributed by atoms with Crippen molar-refractivity contribution in [3.05, 3.63) is 29.3 Å². The van der Waals surface area contributed by atoms with Gasteiger partial charge in [-0.2, -0.15) is 0 Å². The highest BCUT2D eigenvalue weighted by Crippen LogP contribution is 2.34. The minimum atomic E-state index is 0.0809. The first-order chi connectivity index (χ1) is 10.3. The lowest BCUT2D eigenvalue weighted by Crippen LogP contribution is -2.05. The molecule has 1 aliphatic carbocycles. The lowest BCUT2D eigenvalue weighted by molar-refractivity contribution is 0.200. The van der Waals surface area contributed by atoms with Crippen LogP contribution in [-0.4, -0.2) is 18.3 Å². The van der Waals surface area contributed by atoms with Crippen molar-refractivity contribution >= 4 is 0 Å². The van der Waals surface area contributed by atoms with E-state index in [-0.39, 0.29) is 6.61 Å². The van der Waals surface area contributed by atoms with E-state index < -0.39 is 0 Å². The normalized spacial score (nSPS) is 16.7. The van der Waals surface area contributed by atoms with E-state index in [0.29, 0.717) is 6.61 Å². The lowest BCUT2D eigenvalue weighted by Gasteiger charge is -2.18. The molecule has 0 aliphatic heterocycles. The molecule has 0 radical (unpaired) electrons. The van der Waals surface area contributed by atoms with Crippen LogP contribution in [0.25, 0.3) is 0 Å². The monoisotopic (exact) mass is 290 g/mol. The second-order valence-corrected chi connectivity index (χ2v) is 6.23. The quantitative estimate of drug-likeness (QED) is 0.728. The maximum absolute atomic E-state index is 8.96. The van der Waals surface area contributed by atoms with Gasteiger partial charge >= 0.3 is 0 Å². The molecule has 1 saturated carbocycles. The van der Waals surface area contributed by atoms with Gasteiger partial charge in [-0.1, -0.05) is 51.2 Å². The Labute approximate surface area is 129 Å². The predicted molar refractivity (Wildman–Crippen MR) is 88.1 cm³/mol. The third-order valence-electron chi connectivity index (χ3n) is 4.56. The molecule has 1 aromatic carbocycles. The molecule has 0 unspecified atom stereocenters. The molecular formula is C19H30O2. The van der Waals surface area contributed by atoms with Gasteiger partial charge in [-0.05, 0) is 48.8 Å². The Hall–Kier alpha value is -1.02. The number of rotatable bonds is 7. The van der Waals surface area contributed by atoms with Crippen LogP contribution in [0.15, 0.2) is 18.2 Å². The van der Waals surface area contributed by atoms with Gasteiger partial charge in [-0.3, -0.25) is 0 Å². The van der Waals surface area contributed by atoms with Crippen molar-refractivity contribution in [3.63, 3.8) is 0 Å². The van der Waals surface area contributed by atoms with Crippen LogP contribution in [0.3, 0.4) is 0 Å². The summed E-state index contributed by atoms with van der Waals surface area (Å²) in [7, 11) is 0. The zero-order chi connectivity index (χ0) is 14.9. The zero-order valence-electron chi connectivity index (χ0n) is 13.4. The minimum Gasteiger partial charge on any atom is -0.491 e. The first-order valence-corrected chi connectivity index (χ1v) is 8.71. The Morgan fingerprint density at radius 3 is 2.57 bits per heavy atom. The van der Waals surface area contributed by atoms with Crippen molar-refractivity contribution in [1.29, 1.82) is 0 Å². The molecule has 1 aliphatic rings. The molecule has 0 spiro atoms. The first-order valence-electron chi connectivity index (χ1n) is 8.71. The molecule has 0 atom stereocenters. The van der Waals surface area contributed by atoms with E-state index in [1.165, 1.54) is 62.5 Å². The molecule has 1 fully saturated rings. The van der Waals surface area contributed by atoms with E-state index in [4.69, 9.17) is 9.84 Å². The number of hydrogen-bond acceptors (Lipinski definition) is 2. The molecule has 1 aromatic rings. The van der Waals surface area contributed by atoms with Gasteiger partial charge in [0, 0.05) is 0 Å². The summed E-state index contributed by atoms with van der Waals surface area (Å²) in [6.45, 7) is 2.70. The molecule has 2 heteroatoms. The second-order valence-electron chi connectivity index (χ2n) is 6.23. The van der Waals surface area contributed by atoms with E-state index in [1.807, 2.05) is 0 Å². The van der Waals surface area contributed by atoms with Crippen LogP contribution in [0.2, 0.25) is 0 Å². The van der Waals surface area contributed by atoms with Crippen molar-refractivity contribution in [2.45, 2.75) is 70.6 Å². The highest BCUT2D eigenvalue weighted by Gasteiger charge is 2.16. The Kier molecular flexibility index (Phi) is 7.08. The van der Waals surface area contributed by atoms with E-state index in [2.05, 4.69) is 25.1 Å². The van der Waals surface area contributed by atoms with Crippen LogP contribution >= 0.6 is 0 Å². The van der Waals surface area contributed by atoms with Gasteiger partial charge in [0.15, 0.2) is 0 Å². The molecule has 0 aromatic heterocycles. The van der Waals surface area contributed by atoms with E-state index in [0.717, 1.165) is 18.1 Å². The highest BCUT2D eigenvalue weighted by molar-refractivity contribution is 5.39. The van der Waals surface area contributed by atoms with Crippen molar-refractivity contribution in [1.82, 2.24) is 0 Å². The van der Waals surface area contributed by atoms with Gasteiger partial charge in [-0.15, -0.1) is 0 Å². The van der Waals surface area contributed by atoms with Crippen molar-refractivity contribution in [2.75, 3.05) is 13.2 Å². The number of aliphatic hydroxyl groups excluding tert-OH is 1. The lowest BCUT2D eigenvalue weighted by atomic mass is 9.90. The summed E-state index contributed by atoms with van der Waals surface area (Å²) in [5, 5.41) is 8.96. The number of benzene rings is 1. The maximum atomic E-state index is 8.96. The summed E-state index contributed by atoms with van der Waals surface area (Å²) in [5.74, 6) is 1.70. The summed E-state index contributed by atoms with van der Waals surface area (Å²) >= 11 is 0. The summed E-state index contributed by atoms with van der Waals surface area (Å²) in [6.07, 6.45) is 11.7. The van der Waals surface area contributed by atoms with Crippen LogP contribution in [0.1, 0.15) is 75.3 Å². The fourth-order valence-corrected chi connectivity index (χ4v) is 3.33. The minimum absolute atomic E-state index is 0.0809. The molecule has 1 N–H and O–H groups in total. The smallest absolute Gasteiger partial charge is 0.122 e. The van der Waals surface area contributed by atoms with E-state index in [9.17, 15) is 0 Å². The van der Waals surface area contributed by atoms with Crippen LogP contribution < -0.4 is 4.74 Å². The van der Waals surface area contributed by atoms with Gasteiger partial charge in [0.2, 0.25) is 0 Å². The van der Waals surface area contributed by atoms with Crippen LogP contribution in [-0.2, 0) is 6.42 Å². The fraction of sp³-hybridized carbons (Fsp3) is 0.684. The molecule has 0 heterocycles. The average molecular weight is 290 g/mol. The Morgan fingerprint density at radius 2 is 1.90 bits per heavy atom. The summed E-state index contributed by atoms with van der Waals surface area (Å²) in [4.78, 5) is 0. The van der Waals surface area contributed by atoms with Gasteiger partial charge in [0.25, 0.3) is 0 Å². The van der Waals surface area contributed by atoms with Crippen LogP contribution in [0.4, 0.5) is 0 Å². The van der Waals surface area contributed by atoms with Crippen LogP contribution in [0, 0.1) is 0 Å². The fourth-order valence-electron chi connectivity index (χ4n) is 3.33. The highest BCUT2D eigenvalue weighted by atomic mass is 16.5. The molecule has 118 valence electrons. The number of ether oxygens (including phenoxy) is 1. The first kappa shape index (κ1) is 16.4. The standard InChI is InChI=1S/C19H30O2/c1-2-3-8-18-15-17(11-12-19(18)21-14-13-20)16-9-6-4-5-7-10-16/h11-12,15-16,20H,2-10,13-14H2,1H3. The van der Waals surface area contributed by atoms with E-state index in [1.54, 1.807) is 0 Å². The molecule has 2 nitrogen and oxygen atoms in total. The van der Waals surface area contributed by atoms with Crippen LogP contribution in [0.5, 0.6) is 5.75 Å². The number of aryl methyl sites for hydroxylation is 1. The summed E-state index contributed by atoms with van der Waals surface area (Å²) < 4.78 is 5.70. The molecule has 0 amide bonds. The zero-order valence-corrected chi connectivity index (χ0v) is 13.4. The molecular weight excluding hydrogens is 260 g/mol. The van der Waals surface area contributed by atoms with Gasteiger partial charge < -0.3 is 9.84 Å². The number of hydrogen-bond donors (Lipinski definition) is 1. The van der Waals surface area contributed by atoms with Crippen molar-refractivity contribution < 1.29 is 9.84 Å². The van der Waals surface area contributed by atoms with Crippen molar-refractivity contribution in [2.24, 2.45) is 0 Å². The third kappa shape index (κ3) is 5.03. The SMILES string of the molecule is CCCCc1cc(C2CCCCCC2)ccc1OCCO. The average Bonchev–Trinajstić information content (AvgIpc) is 2.80. The molecule has 0 bridgehead atoms. The summed E-state index contributed by atoms with van der Waals surface area (Å²) in [6, 6.07) is 6.75. The summed E-state index contributed by atoms with van der Waals surface area (Å²) in [5.41, 5.74) is 2.83. The molecule has 0 saturated heterocycles. The Balaban J connectivity index is 2.13. The molecule has 21 heavy (non-hydrogen) atoms. The van der Waals surface area contributed by atoms with Gasteiger partial charge in [0.05, 0.1) is 6.61 Å². The van der Waals surface area contributed by atoms with E-state index >= 15 is 0 Å². The molecule has 2 rings (SSSR count). The van der Waals surface area contributed by atoms with Crippen molar-refractivity contribution in [3.8, 4) is 5.75 Å². The number of unbranched alkanes of at least 4 members (excludes halogenated alkanes) is 1. The Morgan fingerprint density at radius 1 is 1.14 bits per heavy atom. The van der Waals surface area contributed by atoms with Gasteiger partial charge in [-0.25, -0.2) is 0 Å². The topological polar surface area (TPSA) is 29.5 Å².